The quantitative estimate of drug-likeness (QED) is 0.607. The van der Waals surface area contributed by atoms with Crippen LogP contribution in [0.5, 0.6) is 0 Å². The number of aryl methyl sites for hydroxylation is 1. The highest BCUT2D eigenvalue weighted by molar-refractivity contribution is 7.94. The number of carbonyl (C=O) groups excluding carboxylic acids is 1. The summed E-state index contributed by atoms with van der Waals surface area (Å²) in [5, 5.41) is 0.868. The van der Waals surface area contributed by atoms with E-state index in [2.05, 4.69) is 4.74 Å². The van der Waals surface area contributed by atoms with Gasteiger partial charge in [0.25, 0.3) is 0 Å². The molecular weight excluding hydrogens is 240 g/mol. The van der Waals surface area contributed by atoms with E-state index in [0.29, 0.717) is 5.56 Å². The minimum absolute atomic E-state index is 0.195. The van der Waals surface area contributed by atoms with E-state index in [1.807, 2.05) is 0 Å². The van der Waals surface area contributed by atoms with Crippen LogP contribution in [0.15, 0.2) is 40.6 Å². The first-order chi connectivity index (χ1) is 7.97. The number of hydrogen-bond donors (Lipinski definition) is 0. The normalized spacial score (nSPS) is 11.6. The van der Waals surface area contributed by atoms with E-state index in [1.165, 1.54) is 6.07 Å². The zero-order valence-corrected chi connectivity index (χ0v) is 10.5. The molecule has 4 nitrogen and oxygen atoms in total. The molecule has 0 aromatic heterocycles. The lowest BCUT2D eigenvalue weighted by Gasteiger charge is -2.02. The molecule has 0 aliphatic heterocycles. The fourth-order valence-electron chi connectivity index (χ4n) is 1.28. The van der Waals surface area contributed by atoms with E-state index in [4.69, 9.17) is 0 Å². The molecule has 0 bridgehead atoms. The molecule has 0 radical (unpaired) electrons. The Kier molecular flexibility index (Phi) is 4.45. The molecule has 0 unspecified atom stereocenters. The highest BCUT2D eigenvalue weighted by atomic mass is 32.2. The SMILES string of the molecule is CCOC(=O)/C=C\S(=O)(=O)c1ccccc1C. The molecule has 1 aromatic rings. The van der Waals surface area contributed by atoms with E-state index < -0.39 is 15.8 Å². The number of hydrogen-bond acceptors (Lipinski definition) is 4. The van der Waals surface area contributed by atoms with Crippen molar-refractivity contribution in [3.8, 4) is 0 Å². The maximum Gasteiger partial charge on any atom is 0.331 e. The van der Waals surface area contributed by atoms with Gasteiger partial charge >= 0.3 is 5.97 Å². The van der Waals surface area contributed by atoms with Gasteiger partial charge in [-0.05, 0) is 25.5 Å². The fraction of sp³-hybridized carbons (Fsp3) is 0.250. The summed E-state index contributed by atoms with van der Waals surface area (Å²) in [6.07, 6.45) is 0.922. The van der Waals surface area contributed by atoms with E-state index in [0.717, 1.165) is 11.5 Å². The van der Waals surface area contributed by atoms with Gasteiger partial charge < -0.3 is 4.74 Å². The second kappa shape index (κ2) is 5.63. The van der Waals surface area contributed by atoms with Crippen molar-refractivity contribution in [3.05, 3.63) is 41.3 Å². The van der Waals surface area contributed by atoms with Crippen molar-refractivity contribution in [2.45, 2.75) is 18.7 Å². The summed E-state index contributed by atoms with van der Waals surface area (Å²) in [5.41, 5.74) is 0.640. The van der Waals surface area contributed by atoms with Gasteiger partial charge in [-0.2, -0.15) is 0 Å². The maximum atomic E-state index is 11.9. The molecule has 0 aliphatic rings. The van der Waals surface area contributed by atoms with Crippen LogP contribution < -0.4 is 0 Å². The summed E-state index contributed by atoms with van der Waals surface area (Å²) in [6.45, 7) is 3.57. The zero-order chi connectivity index (χ0) is 12.9. The van der Waals surface area contributed by atoms with Crippen LogP contribution in [-0.4, -0.2) is 21.0 Å². The van der Waals surface area contributed by atoms with E-state index >= 15 is 0 Å². The summed E-state index contributed by atoms with van der Waals surface area (Å²) in [7, 11) is -3.59. The molecule has 0 heterocycles. The summed E-state index contributed by atoms with van der Waals surface area (Å²) in [5.74, 6) is -0.662. The predicted octanol–water partition coefficient (Wildman–Crippen LogP) is 1.85. The van der Waals surface area contributed by atoms with Crippen molar-refractivity contribution in [1.29, 1.82) is 0 Å². The van der Waals surface area contributed by atoms with Crippen molar-refractivity contribution in [3.63, 3.8) is 0 Å². The van der Waals surface area contributed by atoms with Gasteiger partial charge in [-0.15, -0.1) is 0 Å². The zero-order valence-electron chi connectivity index (χ0n) is 9.71. The number of esters is 1. The highest BCUT2D eigenvalue weighted by Crippen LogP contribution is 2.16. The Hall–Kier alpha value is -1.62. The Balaban J connectivity index is 2.98. The lowest BCUT2D eigenvalue weighted by Crippen LogP contribution is -2.03. The van der Waals surface area contributed by atoms with E-state index in [1.54, 1.807) is 32.0 Å². The van der Waals surface area contributed by atoms with Gasteiger partial charge in [-0.1, -0.05) is 18.2 Å². The molecule has 0 aliphatic carbocycles. The lowest BCUT2D eigenvalue weighted by atomic mass is 10.2. The summed E-state index contributed by atoms with van der Waals surface area (Å²) < 4.78 is 28.3. The molecule has 17 heavy (non-hydrogen) atoms. The molecular formula is C12H14O4S. The summed E-state index contributed by atoms with van der Waals surface area (Å²) in [6, 6.07) is 6.59. The molecule has 0 saturated carbocycles. The Morgan fingerprint density at radius 1 is 1.35 bits per heavy atom. The third kappa shape index (κ3) is 3.71. The third-order valence-corrected chi connectivity index (χ3v) is 3.64. The first-order valence-corrected chi connectivity index (χ1v) is 6.67. The van der Waals surface area contributed by atoms with Crippen LogP contribution in [0.2, 0.25) is 0 Å². The first-order valence-electron chi connectivity index (χ1n) is 5.13. The Morgan fingerprint density at radius 3 is 2.59 bits per heavy atom. The van der Waals surface area contributed by atoms with Crippen molar-refractivity contribution in [2.75, 3.05) is 6.61 Å². The number of carbonyl (C=O) groups is 1. The topological polar surface area (TPSA) is 60.4 Å². The van der Waals surface area contributed by atoms with E-state index in [-0.39, 0.29) is 11.5 Å². The van der Waals surface area contributed by atoms with Gasteiger partial charge in [0.2, 0.25) is 0 Å². The standard InChI is InChI=1S/C12H14O4S/c1-3-16-12(13)8-9-17(14,15)11-7-5-4-6-10(11)2/h4-9H,3H2,1-2H3/b9-8-. The molecule has 5 heteroatoms. The molecule has 0 spiro atoms. The van der Waals surface area contributed by atoms with E-state index in [9.17, 15) is 13.2 Å². The second-order valence-electron chi connectivity index (χ2n) is 3.37. The molecule has 1 rings (SSSR count). The number of rotatable bonds is 4. The molecule has 1 aromatic carbocycles. The second-order valence-corrected chi connectivity index (χ2v) is 5.17. The smallest absolute Gasteiger partial charge is 0.331 e. The minimum atomic E-state index is -3.59. The predicted molar refractivity (Wildman–Crippen MR) is 64.1 cm³/mol. The van der Waals surface area contributed by atoms with Crippen LogP contribution in [0.25, 0.3) is 0 Å². The summed E-state index contributed by atoms with van der Waals surface area (Å²) in [4.78, 5) is 11.2. The van der Waals surface area contributed by atoms with Crippen LogP contribution in [0.4, 0.5) is 0 Å². The highest BCUT2D eigenvalue weighted by Gasteiger charge is 2.13. The number of ether oxygens (including phenoxy) is 1. The van der Waals surface area contributed by atoms with Crippen molar-refractivity contribution >= 4 is 15.8 Å². The molecule has 0 fully saturated rings. The maximum absolute atomic E-state index is 11.9. The van der Waals surface area contributed by atoms with Crippen LogP contribution in [0.3, 0.4) is 0 Å². The Labute approximate surface area is 101 Å². The van der Waals surface area contributed by atoms with Crippen LogP contribution in [0, 0.1) is 6.92 Å². The van der Waals surface area contributed by atoms with Gasteiger partial charge in [-0.25, -0.2) is 13.2 Å². The van der Waals surface area contributed by atoms with Gasteiger partial charge in [0.05, 0.1) is 11.5 Å². The van der Waals surface area contributed by atoms with Crippen LogP contribution >= 0.6 is 0 Å². The Morgan fingerprint density at radius 2 is 2.00 bits per heavy atom. The molecule has 0 saturated heterocycles. The molecule has 92 valence electrons. The monoisotopic (exact) mass is 254 g/mol. The lowest BCUT2D eigenvalue weighted by molar-refractivity contribution is -0.137. The van der Waals surface area contributed by atoms with Gasteiger partial charge in [0, 0.05) is 11.5 Å². The van der Waals surface area contributed by atoms with Crippen molar-refractivity contribution in [1.82, 2.24) is 0 Å². The third-order valence-electron chi connectivity index (χ3n) is 2.07. The fourth-order valence-corrected chi connectivity index (χ4v) is 2.51. The van der Waals surface area contributed by atoms with Crippen LogP contribution in [0.1, 0.15) is 12.5 Å². The van der Waals surface area contributed by atoms with Gasteiger partial charge in [0.15, 0.2) is 9.84 Å². The Bertz CT molecular complexity index is 529. The molecule has 0 N–H and O–H groups in total. The van der Waals surface area contributed by atoms with Crippen molar-refractivity contribution in [2.24, 2.45) is 0 Å². The molecule has 0 atom stereocenters. The largest absolute Gasteiger partial charge is 0.463 e. The minimum Gasteiger partial charge on any atom is -0.463 e. The average molecular weight is 254 g/mol. The van der Waals surface area contributed by atoms with Crippen LogP contribution in [-0.2, 0) is 19.4 Å². The van der Waals surface area contributed by atoms with Crippen molar-refractivity contribution < 1.29 is 17.9 Å². The number of sulfone groups is 1. The summed E-state index contributed by atoms with van der Waals surface area (Å²) >= 11 is 0. The van der Waals surface area contributed by atoms with Gasteiger partial charge in [-0.3, -0.25) is 0 Å². The average Bonchev–Trinajstić information content (AvgIpc) is 2.27. The molecule has 0 amide bonds. The number of benzene rings is 1. The first kappa shape index (κ1) is 13.4. The van der Waals surface area contributed by atoms with Gasteiger partial charge in [0.1, 0.15) is 0 Å².